The van der Waals surface area contributed by atoms with E-state index in [1.165, 1.54) is 41.7 Å². The van der Waals surface area contributed by atoms with Gasteiger partial charge in [-0.25, -0.2) is 23.5 Å². The van der Waals surface area contributed by atoms with Crippen LogP contribution in [0.5, 0.6) is 11.5 Å². The topological polar surface area (TPSA) is 128 Å². The Morgan fingerprint density at radius 1 is 0.935 bits per heavy atom. The molecule has 11 nitrogen and oxygen atoms in total. The number of allylic oxidation sites excluding steroid dienone is 2. The summed E-state index contributed by atoms with van der Waals surface area (Å²) in [5, 5.41) is 13.1. The molecule has 0 radical (unpaired) electrons. The molecule has 0 unspecified atom stereocenters. The summed E-state index contributed by atoms with van der Waals surface area (Å²) in [6.07, 6.45) is 1.79. The lowest BCUT2D eigenvalue weighted by molar-refractivity contribution is -0.138. The van der Waals surface area contributed by atoms with Crippen LogP contribution in [0.15, 0.2) is 81.9 Å². The Morgan fingerprint density at radius 3 is 2.33 bits per heavy atom. The van der Waals surface area contributed by atoms with Gasteiger partial charge in [0.2, 0.25) is 0 Å². The number of hydrogen-bond donors (Lipinski definition) is 2. The number of imide groups is 1. The van der Waals surface area contributed by atoms with Crippen LogP contribution in [0, 0.1) is 5.92 Å². The quantitative estimate of drug-likeness (QED) is 0.232. The third-order valence-electron chi connectivity index (χ3n) is 9.34. The minimum atomic E-state index is -1.64. The van der Waals surface area contributed by atoms with Gasteiger partial charge in [-0.2, -0.15) is 5.01 Å². The van der Waals surface area contributed by atoms with Crippen LogP contribution in [0.3, 0.4) is 0 Å². The fraction of sp³-hybridized carbons (Fsp3) is 0.250. The van der Waals surface area contributed by atoms with Crippen molar-refractivity contribution in [2.45, 2.75) is 30.3 Å². The maximum Gasteiger partial charge on any atom is 0.347 e. The zero-order valence-corrected chi connectivity index (χ0v) is 26.7. The Balaban J connectivity index is 1.52. The number of carbonyl (C=O) groups excluding carboxylic acids is 2. The van der Waals surface area contributed by atoms with Crippen LogP contribution in [0.25, 0.3) is 0 Å². The largest absolute Gasteiger partial charge is 0.508 e. The number of amides is 2. The van der Waals surface area contributed by atoms with Crippen molar-refractivity contribution in [1.82, 2.24) is 18.9 Å². The van der Waals surface area contributed by atoms with Gasteiger partial charge in [-0.3, -0.25) is 15.0 Å². The van der Waals surface area contributed by atoms with E-state index in [1.54, 1.807) is 48.5 Å². The number of ether oxygens (including phenoxy) is 1. The van der Waals surface area contributed by atoms with Gasteiger partial charge in [-0.1, -0.05) is 53.0 Å². The molecule has 0 bridgehead atoms. The van der Waals surface area contributed by atoms with Crippen molar-refractivity contribution in [3.63, 3.8) is 0 Å². The molecule has 4 aromatic rings. The van der Waals surface area contributed by atoms with Crippen molar-refractivity contribution >= 4 is 52.3 Å². The van der Waals surface area contributed by atoms with Gasteiger partial charge >= 0.3 is 11.4 Å². The maximum absolute atomic E-state index is 15.1. The predicted molar refractivity (Wildman–Crippen MR) is 172 cm³/mol. The van der Waals surface area contributed by atoms with Gasteiger partial charge in [0.25, 0.3) is 11.8 Å². The van der Waals surface area contributed by atoms with Gasteiger partial charge in [0.1, 0.15) is 11.5 Å². The summed E-state index contributed by atoms with van der Waals surface area (Å²) in [5.41, 5.74) is 1.83. The van der Waals surface area contributed by atoms with Crippen molar-refractivity contribution in [3.8, 4) is 11.5 Å². The lowest BCUT2D eigenvalue weighted by Crippen LogP contribution is -2.53. The van der Waals surface area contributed by atoms with E-state index in [9.17, 15) is 19.5 Å². The second kappa shape index (κ2) is 10.8. The first-order valence-electron chi connectivity index (χ1n) is 14.3. The Labute approximate surface area is 276 Å². The monoisotopic (exact) mass is 681 g/mol. The normalized spacial score (nSPS) is 23.5. The Hall–Kier alpha value is -4.45. The van der Waals surface area contributed by atoms with E-state index in [0.717, 1.165) is 9.58 Å². The number of nitrogens with one attached hydrogen (secondary N) is 1. The highest BCUT2D eigenvalue weighted by molar-refractivity contribution is 6.36. The average molecular weight is 683 g/mol. The smallest absolute Gasteiger partial charge is 0.347 e. The van der Waals surface area contributed by atoms with Gasteiger partial charge in [0.15, 0.2) is 0 Å². The molecule has 0 spiro atoms. The highest BCUT2D eigenvalue weighted by atomic mass is 35.5. The summed E-state index contributed by atoms with van der Waals surface area (Å²) in [6.45, 7) is 0.0341. The number of fused-ring (bicyclic) bond motifs is 4. The number of hydrazine groups is 1. The van der Waals surface area contributed by atoms with Gasteiger partial charge in [-0.05, 0) is 66.1 Å². The molecule has 3 heterocycles. The minimum absolute atomic E-state index is 0.00382. The molecule has 2 amide bonds. The number of halogens is 3. The fourth-order valence-corrected chi connectivity index (χ4v) is 7.95. The molecule has 3 aromatic carbocycles. The number of aromatic hydroxyl groups is 1. The van der Waals surface area contributed by atoms with Crippen LogP contribution in [0.4, 0.5) is 5.69 Å². The number of carbonyl (C=O) groups is 2. The number of methoxy groups -OCH3 is 1. The molecular formula is C32H26Cl3N5O6. The van der Waals surface area contributed by atoms with Crippen molar-refractivity contribution in [1.29, 1.82) is 0 Å². The van der Waals surface area contributed by atoms with Gasteiger partial charge in [0.05, 0.1) is 41.7 Å². The summed E-state index contributed by atoms with van der Waals surface area (Å²) in [5.74, 6) is -2.89. The number of anilines is 1. The number of phenolic OH excluding ortho intramolecular Hbond substituents is 1. The van der Waals surface area contributed by atoms with E-state index in [0.29, 0.717) is 26.9 Å². The molecule has 3 aliphatic rings. The zero-order chi connectivity index (χ0) is 32.7. The first-order valence-corrected chi connectivity index (χ1v) is 15.4. The van der Waals surface area contributed by atoms with Crippen molar-refractivity contribution in [3.05, 3.63) is 119 Å². The summed E-state index contributed by atoms with van der Waals surface area (Å²) < 4.78 is 9.06. The first-order chi connectivity index (χ1) is 22.0. The van der Waals surface area contributed by atoms with Crippen LogP contribution >= 0.6 is 34.8 Å². The Morgan fingerprint density at radius 2 is 1.63 bits per heavy atom. The van der Waals surface area contributed by atoms with E-state index in [2.05, 4.69) is 5.43 Å². The van der Waals surface area contributed by atoms with Gasteiger partial charge in [0, 0.05) is 28.6 Å². The minimum Gasteiger partial charge on any atom is -0.508 e. The van der Waals surface area contributed by atoms with Crippen molar-refractivity contribution < 1.29 is 19.4 Å². The first kappa shape index (κ1) is 30.2. The molecular weight excluding hydrogens is 657 g/mol. The number of benzene rings is 3. The van der Waals surface area contributed by atoms with Crippen LogP contribution in [0.1, 0.15) is 29.5 Å². The van der Waals surface area contributed by atoms with E-state index in [4.69, 9.17) is 39.5 Å². The average Bonchev–Trinajstić information content (AvgIpc) is 3.40. The van der Waals surface area contributed by atoms with E-state index < -0.39 is 46.5 Å². The summed E-state index contributed by atoms with van der Waals surface area (Å²) in [4.78, 5) is 56.2. The van der Waals surface area contributed by atoms with Gasteiger partial charge < -0.3 is 9.84 Å². The lowest BCUT2D eigenvalue weighted by Gasteiger charge is -2.49. The highest BCUT2D eigenvalue weighted by Crippen LogP contribution is 2.63. The Bertz CT molecular complexity index is 2100. The van der Waals surface area contributed by atoms with E-state index in [1.807, 2.05) is 0 Å². The third-order valence-corrected chi connectivity index (χ3v) is 10.1. The van der Waals surface area contributed by atoms with Crippen LogP contribution in [0.2, 0.25) is 15.1 Å². The van der Waals surface area contributed by atoms with Crippen molar-refractivity contribution in [2.24, 2.45) is 13.0 Å². The standard InChI is InChI=1S/C32H26Cl3N5O6/c1-37-30(44)38-12-11-20-25(40(38)31(37)45)15-22-28(42)39(36-24-9-5-18(34)14-23(24)35)29(43)32(22,16-3-7-19(46-2)8-4-16)27(20)21-13-17(33)6-10-26(21)41/h3-11,13-14,22,25,27,36,41H,12,15H2,1-2H3/t22-,25+,27+,32+/m0/s1. The summed E-state index contributed by atoms with van der Waals surface area (Å²) >= 11 is 19.1. The number of hydrogen-bond acceptors (Lipinski definition) is 7. The molecule has 7 rings (SSSR count). The molecule has 2 fully saturated rings. The Kier molecular flexibility index (Phi) is 7.11. The fourth-order valence-electron chi connectivity index (χ4n) is 7.32. The van der Waals surface area contributed by atoms with Crippen LogP contribution in [-0.4, -0.2) is 43.0 Å². The molecule has 1 aromatic heterocycles. The summed E-state index contributed by atoms with van der Waals surface area (Å²) in [6, 6.07) is 15.1. The molecule has 236 valence electrons. The molecule has 4 atom stereocenters. The second-order valence-corrected chi connectivity index (χ2v) is 12.8. The highest BCUT2D eigenvalue weighted by Gasteiger charge is 2.69. The van der Waals surface area contributed by atoms with Crippen molar-refractivity contribution in [2.75, 3.05) is 12.5 Å². The molecule has 2 aliphatic heterocycles. The zero-order valence-electron chi connectivity index (χ0n) is 24.4. The molecule has 14 heteroatoms. The van der Waals surface area contributed by atoms with Crippen LogP contribution < -0.4 is 21.5 Å². The molecule has 1 aliphatic carbocycles. The van der Waals surface area contributed by atoms with Crippen LogP contribution in [-0.2, 0) is 28.6 Å². The second-order valence-electron chi connectivity index (χ2n) is 11.5. The number of nitrogens with zero attached hydrogens (tertiary/aromatic N) is 4. The van der Waals surface area contributed by atoms with Gasteiger partial charge in [-0.15, -0.1) is 0 Å². The maximum atomic E-state index is 15.1. The lowest BCUT2D eigenvalue weighted by atomic mass is 9.53. The number of aromatic nitrogens is 3. The van der Waals surface area contributed by atoms with E-state index >= 15 is 4.79 Å². The molecule has 2 N–H and O–H groups in total. The SMILES string of the molecule is COc1ccc([C@@]23C(=O)N(Nc4ccc(Cl)cc4Cl)C(=O)[C@@H]2C[C@@H]2C(=CCn4c(=O)n(C)c(=O)n42)[C@@H]3c2cc(Cl)ccc2O)cc1. The summed E-state index contributed by atoms with van der Waals surface area (Å²) in [7, 11) is 2.91. The molecule has 46 heavy (non-hydrogen) atoms. The molecule has 1 saturated heterocycles. The number of rotatable bonds is 5. The molecule has 1 saturated carbocycles. The number of phenols is 1. The van der Waals surface area contributed by atoms with E-state index in [-0.39, 0.29) is 35.0 Å². The predicted octanol–water partition coefficient (Wildman–Crippen LogP) is 4.64. The third kappa shape index (κ3) is 4.18.